The molecular formula is C32H68NO4+. The van der Waals surface area contributed by atoms with Crippen LogP contribution in [0.5, 0.6) is 0 Å². The second-order valence-corrected chi connectivity index (χ2v) is 11.8. The molecule has 0 saturated heterocycles. The summed E-state index contributed by atoms with van der Waals surface area (Å²) in [4.78, 5) is 0. The summed E-state index contributed by atoms with van der Waals surface area (Å²) in [6.07, 6.45) is 7.57. The first-order chi connectivity index (χ1) is 17.3. The van der Waals surface area contributed by atoms with Crippen molar-refractivity contribution < 1.29 is 24.9 Å². The van der Waals surface area contributed by atoms with Crippen LogP contribution in [0.2, 0.25) is 0 Å². The second-order valence-electron chi connectivity index (χ2n) is 11.8. The molecule has 0 aliphatic rings. The zero-order valence-electron chi connectivity index (χ0n) is 27.0. The van der Waals surface area contributed by atoms with Crippen LogP contribution in [0.1, 0.15) is 160 Å². The molecular weight excluding hydrogens is 462 g/mol. The molecule has 5 heteroatoms. The van der Waals surface area contributed by atoms with E-state index in [1.807, 2.05) is 0 Å². The standard InChI is InChI=1S/C32H68NO4/c1-13-25(29(34,17-5)18-6)33(26(14-2)30(35,19-7)20-8,27(15-3)31(36,21-9)22-10)28(16-4)32(37,23-11)24-12/h25-28,34-37H,13-24H2,1-12H3/q+1. The lowest BCUT2D eigenvalue weighted by atomic mass is 9.68. The van der Waals surface area contributed by atoms with E-state index in [-0.39, 0.29) is 24.2 Å². The Labute approximate surface area is 231 Å². The molecule has 0 aromatic rings. The van der Waals surface area contributed by atoms with Crippen LogP contribution in [0.25, 0.3) is 0 Å². The van der Waals surface area contributed by atoms with Gasteiger partial charge in [-0.3, -0.25) is 0 Å². The summed E-state index contributed by atoms with van der Waals surface area (Å²) in [5.41, 5.74) is -3.96. The van der Waals surface area contributed by atoms with E-state index in [4.69, 9.17) is 0 Å². The fourth-order valence-electron chi connectivity index (χ4n) is 8.64. The van der Waals surface area contributed by atoms with Gasteiger partial charge in [0.25, 0.3) is 0 Å². The molecule has 4 unspecified atom stereocenters. The van der Waals surface area contributed by atoms with Gasteiger partial charge in [-0.15, -0.1) is 0 Å². The van der Waals surface area contributed by atoms with E-state index >= 15 is 0 Å². The molecule has 37 heavy (non-hydrogen) atoms. The average molecular weight is 531 g/mol. The van der Waals surface area contributed by atoms with Crippen molar-refractivity contribution >= 4 is 0 Å². The van der Waals surface area contributed by atoms with E-state index in [1.165, 1.54) is 0 Å². The summed E-state index contributed by atoms with van der Waals surface area (Å²) in [5, 5.41) is 49.7. The van der Waals surface area contributed by atoms with Crippen LogP contribution in [0.3, 0.4) is 0 Å². The minimum absolute atomic E-state index is 0.249. The lowest BCUT2D eigenvalue weighted by molar-refractivity contribution is -1.04. The van der Waals surface area contributed by atoms with Gasteiger partial charge in [0, 0.05) is 0 Å². The van der Waals surface area contributed by atoms with Gasteiger partial charge < -0.3 is 24.9 Å². The summed E-state index contributed by atoms with van der Waals surface area (Å²) in [6, 6.07) is -0.995. The largest absolute Gasteiger partial charge is 0.384 e. The Bertz CT molecular complexity index is 511. The Hall–Kier alpha value is -0.200. The molecule has 0 rings (SSSR count). The van der Waals surface area contributed by atoms with Gasteiger partial charge in [-0.2, -0.15) is 0 Å². The van der Waals surface area contributed by atoms with E-state index < -0.39 is 22.4 Å². The van der Waals surface area contributed by atoms with Crippen molar-refractivity contribution in [1.82, 2.24) is 0 Å². The molecule has 0 heterocycles. The number of hydrogen-bond acceptors (Lipinski definition) is 4. The van der Waals surface area contributed by atoms with Crippen molar-refractivity contribution in [3.05, 3.63) is 0 Å². The summed E-state index contributed by atoms with van der Waals surface area (Å²) in [6.45, 7) is 25.1. The third-order valence-corrected chi connectivity index (χ3v) is 11.1. The minimum atomic E-state index is -0.990. The van der Waals surface area contributed by atoms with Gasteiger partial charge in [0.1, 0.15) is 46.6 Å². The number of aliphatic hydroxyl groups is 4. The maximum atomic E-state index is 12.4. The Morgan fingerprint density at radius 1 is 0.351 bits per heavy atom. The van der Waals surface area contributed by atoms with Gasteiger partial charge in [-0.05, 0) is 77.0 Å². The van der Waals surface area contributed by atoms with Gasteiger partial charge in [-0.25, -0.2) is 0 Å². The maximum absolute atomic E-state index is 12.4. The van der Waals surface area contributed by atoms with Crippen LogP contribution in [-0.2, 0) is 0 Å². The first kappa shape index (κ1) is 36.8. The summed E-state index contributed by atoms with van der Waals surface area (Å²) in [7, 11) is 0. The third-order valence-electron chi connectivity index (χ3n) is 11.1. The highest BCUT2D eigenvalue weighted by Gasteiger charge is 2.67. The summed E-state index contributed by atoms with van der Waals surface area (Å²) < 4.78 is 0.368. The highest BCUT2D eigenvalue weighted by atomic mass is 16.3. The second kappa shape index (κ2) is 15.0. The third kappa shape index (κ3) is 6.42. The summed E-state index contributed by atoms with van der Waals surface area (Å²) >= 11 is 0. The topological polar surface area (TPSA) is 80.9 Å². The lowest BCUT2D eigenvalue weighted by Gasteiger charge is -2.68. The van der Waals surface area contributed by atoms with Crippen LogP contribution in [-0.4, -0.2) is 71.5 Å². The molecule has 0 aliphatic carbocycles. The normalized spacial score (nSPS) is 18.8. The number of nitrogens with zero attached hydrogens (tertiary/aromatic N) is 1. The fourth-order valence-corrected chi connectivity index (χ4v) is 8.64. The van der Waals surface area contributed by atoms with Crippen molar-refractivity contribution in [3.8, 4) is 0 Å². The van der Waals surface area contributed by atoms with Crippen molar-refractivity contribution in [1.29, 1.82) is 0 Å². The molecule has 0 aromatic heterocycles. The minimum Gasteiger partial charge on any atom is -0.384 e. The molecule has 0 aromatic carbocycles. The van der Waals surface area contributed by atoms with Crippen LogP contribution < -0.4 is 0 Å². The highest BCUT2D eigenvalue weighted by molar-refractivity contribution is 5.02. The molecule has 0 saturated carbocycles. The molecule has 0 radical (unpaired) electrons. The first-order valence-electron chi connectivity index (χ1n) is 16.0. The SMILES string of the molecule is CCC(C(O)(CC)CC)[N+](C(CC)C(O)(CC)CC)(C(CC)C(O)(CC)CC)C(CC)C(O)(CC)CC. The summed E-state index contributed by atoms with van der Waals surface area (Å²) in [5.74, 6) is 0. The molecule has 0 fully saturated rings. The van der Waals surface area contributed by atoms with Crippen molar-refractivity contribution in [2.75, 3.05) is 0 Å². The molecule has 224 valence electrons. The zero-order chi connectivity index (χ0) is 29.3. The number of quaternary nitrogens is 1. The van der Waals surface area contributed by atoms with Crippen LogP contribution >= 0.6 is 0 Å². The van der Waals surface area contributed by atoms with E-state index in [0.717, 1.165) is 0 Å². The Morgan fingerprint density at radius 3 is 0.568 bits per heavy atom. The molecule has 5 nitrogen and oxygen atoms in total. The van der Waals surface area contributed by atoms with Gasteiger partial charge in [-0.1, -0.05) is 83.1 Å². The Balaban J connectivity index is 8.53. The highest BCUT2D eigenvalue weighted by Crippen LogP contribution is 2.52. The van der Waals surface area contributed by atoms with E-state index in [2.05, 4.69) is 83.1 Å². The Kier molecular flexibility index (Phi) is 14.9. The van der Waals surface area contributed by atoms with Gasteiger partial charge >= 0.3 is 0 Å². The quantitative estimate of drug-likeness (QED) is 0.126. The van der Waals surface area contributed by atoms with Crippen LogP contribution in [0.15, 0.2) is 0 Å². The smallest absolute Gasteiger partial charge is 0.119 e. The Morgan fingerprint density at radius 2 is 0.486 bits per heavy atom. The monoisotopic (exact) mass is 531 g/mol. The molecule has 0 amide bonds. The fraction of sp³-hybridized carbons (Fsp3) is 1.00. The predicted octanol–water partition coefficient (Wildman–Crippen LogP) is 7.12. The van der Waals surface area contributed by atoms with Crippen molar-refractivity contribution in [3.63, 3.8) is 0 Å². The molecule has 0 bridgehead atoms. The lowest BCUT2D eigenvalue weighted by Crippen LogP contribution is -2.84. The molecule has 0 spiro atoms. The van der Waals surface area contributed by atoms with Gasteiger partial charge in [0.15, 0.2) is 0 Å². The van der Waals surface area contributed by atoms with Gasteiger partial charge in [0.2, 0.25) is 0 Å². The number of hydrogen-bond donors (Lipinski definition) is 4. The van der Waals surface area contributed by atoms with Crippen molar-refractivity contribution in [2.45, 2.75) is 207 Å². The molecule has 4 atom stereocenters. The molecule has 0 aliphatic heterocycles. The maximum Gasteiger partial charge on any atom is 0.119 e. The van der Waals surface area contributed by atoms with Gasteiger partial charge in [0.05, 0.1) is 0 Å². The number of rotatable bonds is 20. The first-order valence-corrected chi connectivity index (χ1v) is 16.0. The van der Waals surface area contributed by atoms with E-state index in [0.29, 0.717) is 81.5 Å². The van der Waals surface area contributed by atoms with E-state index in [1.54, 1.807) is 0 Å². The van der Waals surface area contributed by atoms with Crippen LogP contribution in [0.4, 0.5) is 0 Å². The molecule has 4 N–H and O–H groups in total. The predicted molar refractivity (Wildman–Crippen MR) is 159 cm³/mol. The zero-order valence-corrected chi connectivity index (χ0v) is 27.0. The van der Waals surface area contributed by atoms with E-state index in [9.17, 15) is 20.4 Å². The van der Waals surface area contributed by atoms with Crippen LogP contribution in [0, 0.1) is 0 Å². The van der Waals surface area contributed by atoms with Crippen molar-refractivity contribution in [2.24, 2.45) is 0 Å². The average Bonchev–Trinajstić information content (AvgIpc) is 2.93.